The highest BCUT2D eigenvalue weighted by Crippen LogP contribution is 2.16. The Morgan fingerprint density at radius 1 is 0.479 bits per heavy atom. The van der Waals surface area contributed by atoms with Crippen molar-refractivity contribution in [2.45, 2.75) is 206 Å². The van der Waals surface area contributed by atoms with Gasteiger partial charge in [0.15, 0.2) is 0 Å². The number of carboxylic acid groups (broad SMARTS) is 1. The van der Waals surface area contributed by atoms with Crippen LogP contribution in [-0.4, -0.2) is 23.1 Å². The van der Waals surface area contributed by atoms with E-state index in [0.29, 0.717) is 12.8 Å². The van der Waals surface area contributed by atoms with Crippen LogP contribution >= 0.6 is 0 Å². The van der Waals surface area contributed by atoms with Gasteiger partial charge in [-0.2, -0.15) is 0 Å². The van der Waals surface area contributed by atoms with Crippen molar-refractivity contribution in [2.75, 3.05) is 0 Å². The number of carbonyl (C=O) groups is 2. The van der Waals surface area contributed by atoms with Crippen molar-refractivity contribution in [1.29, 1.82) is 0 Å². The van der Waals surface area contributed by atoms with E-state index in [-0.39, 0.29) is 12.1 Å². The predicted octanol–water partition coefficient (Wildman–Crippen LogP) is 14.1. The second kappa shape index (κ2) is 39.1. The molecule has 48 heavy (non-hydrogen) atoms. The van der Waals surface area contributed by atoms with Crippen LogP contribution in [0.2, 0.25) is 0 Å². The van der Waals surface area contributed by atoms with E-state index in [9.17, 15) is 9.59 Å². The minimum Gasteiger partial charge on any atom is -0.481 e. The Kier molecular flexibility index (Phi) is 37.2. The van der Waals surface area contributed by atoms with E-state index in [1.807, 2.05) is 0 Å². The van der Waals surface area contributed by atoms with Crippen LogP contribution in [0.25, 0.3) is 0 Å². The molecule has 0 radical (unpaired) electrons. The third kappa shape index (κ3) is 38.1. The smallest absolute Gasteiger partial charge is 0.306 e. The second-order valence-corrected chi connectivity index (χ2v) is 13.4. The molecule has 0 aliphatic carbocycles. The number of unbranched alkanes of at least 4 members (excludes halogenated alkanes) is 18. The first kappa shape index (κ1) is 45.6. The predicted molar refractivity (Wildman–Crippen MR) is 208 cm³/mol. The van der Waals surface area contributed by atoms with E-state index in [2.05, 4.69) is 74.6 Å². The zero-order valence-electron chi connectivity index (χ0n) is 31.5. The number of hydrogen-bond donors (Lipinski definition) is 1. The number of esters is 1. The molecule has 0 heterocycles. The van der Waals surface area contributed by atoms with Crippen molar-refractivity contribution in [3.05, 3.63) is 60.8 Å². The van der Waals surface area contributed by atoms with Crippen molar-refractivity contribution in [3.63, 3.8) is 0 Å². The molecular formula is C44H76O4. The van der Waals surface area contributed by atoms with E-state index in [1.165, 1.54) is 89.9 Å². The Morgan fingerprint density at radius 2 is 0.854 bits per heavy atom. The molecule has 0 spiro atoms. The van der Waals surface area contributed by atoms with Crippen LogP contribution in [0.5, 0.6) is 0 Å². The third-order valence-electron chi connectivity index (χ3n) is 8.83. The number of rotatable bonds is 36. The standard InChI is InChI=1S/C44H76O4/c1-3-5-6-7-8-9-10-11-12-13-14-15-16-17-18-23-26-29-32-35-38-41-44(47)48-42(4-2)39-36-33-30-27-24-21-19-20-22-25-28-31-34-37-40-43(45)46/h5-6,8-9,11-12,14-15,17-18,42H,3-4,7,10,13,16,19-41H2,1-2H3,(H,45,46)/b6-5-,9-8-,12-11-,15-14-,18-17-. The summed E-state index contributed by atoms with van der Waals surface area (Å²) in [6, 6.07) is 0. The Bertz CT molecular complexity index is 850. The van der Waals surface area contributed by atoms with Gasteiger partial charge in [-0.25, -0.2) is 0 Å². The number of carbonyl (C=O) groups excluding carboxylic acids is 1. The minimum atomic E-state index is -0.669. The summed E-state index contributed by atoms with van der Waals surface area (Å²) in [4.78, 5) is 22.8. The summed E-state index contributed by atoms with van der Waals surface area (Å²) in [5, 5.41) is 8.66. The maximum Gasteiger partial charge on any atom is 0.306 e. The molecule has 4 heteroatoms. The number of aliphatic carboxylic acids is 1. The molecule has 4 nitrogen and oxygen atoms in total. The molecule has 1 N–H and O–H groups in total. The molecule has 0 aliphatic rings. The van der Waals surface area contributed by atoms with Gasteiger partial charge in [0.2, 0.25) is 0 Å². The average molecular weight is 669 g/mol. The molecule has 0 bridgehead atoms. The number of hydrogen-bond acceptors (Lipinski definition) is 3. The first-order valence-electron chi connectivity index (χ1n) is 20.3. The molecule has 276 valence electrons. The number of carboxylic acids is 1. The van der Waals surface area contributed by atoms with Crippen molar-refractivity contribution in [1.82, 2.24) is 0 Å². The van der Waals surface area contributed by atoms with Gasteiger partial charge in [0.1, 0.15) is 6.10 Å². The zero-order valence-corrected chi connectivity index (χ0v) is 31.5. The first-order valence-corrected chi connectivity index (χ1v) is 20.3. The lowest BCUT2D eigenvalue weighted by atomic mass is 10.0. The molecule has 0 aromatic carbocycles. The average Bonchev–Trinajstić information content (AvgIpc) is 3.08. The SMILES string of the molecule is CC/C=C\C/C=C\C/C=C\C/C=C\C/C=C\CCCCCCCC(=O)OC(CC)CCCCCCCCCCCCCCCCC(=O)O. The Balaban J connectivity index is 3.52. The maximum atomic E-state index is 12.3. The van der Waals surface area contributed by atoms with Gasteiger partial charge >= 0.3 is 11.9 Å². The molecule has 0 fully saturated rings. The summed E-state index contributed by atoms with van der Waals surface area (Å²) < 4.78 is 5.79. The van der Waals surface area contributed by atoms with E-state index in [4.69, 9.17) is 9.84 Å². The van der Waals surface area contributed by atoms with Crippen molar-refractivity contribution < 1.29 is 19.4 Å². The third-order valence-corrected chi connectivity index (χ3v) is 8.83. The van der Waals surface area contributed by atoms with Crippen molar-refractivity contribution in [3.8, 4) is 0 Å². The van der Waals surface area contributed by atoms with Crippen LogP contribution in [0.15, 0.2) is 60.8 Å². The molecule has 0 amide bonds. The van der Waals surface area contributed by atoms with E-state index < -0.39 is 5.97 Å². The van der Waals surface area contributed by atoms with Gasteiger partial charge in [0.25, 0.3) is 0 Å². The fourth-order valence-corrected chi connectivity index (χ4v) is 5.79. The maximum absolute atomic E-state index is 12.3. The van der Waals surface area contributed by atoms with E-state index >= 15 is 0 Å². The van der Waals surface area contributed by atoms with Gasteiger partial charge < -0.3 is 9.84 Å². The van der Waals surface area contributed by atoms with Gasteiger partial charge in [0, 0.05) is 12.8 Å². The molecular weight excluding hydrogens is 592 g/mol. The molecule has 0 saturated heterocycles. The summed E-state index contributed by atoms with van der Waals surface area (Å²) in [6.45, 7) is 4.30. The molecule has 1 unspecified atom stereocenters. The Morgan fingerprint density at radius 3 is 1.29 bits per heavy atom. The van der Waals surface area contributed by atoms with Crippen LogP contribution in [0.3, 0.4) is 0 Å². The van der Waals surface area contributed by atoms with Gasteiger partial charge in [-0.15, -0.1) is 0 Å². The lowest BCUT2D eigenvalue weighted by Gasteiger charge is -2.16. The van der Waals surface area contributed by atoms with Crippen LogP contribution in [-0.2, 0) is 14.3 Å². The van der Waals surface area contributed by atoms with Gasteiger partial charge in [-0.3, -0.25) is 9.59 Å². The van der Waals surface area contributed by atoms with Crippen LogP contribution in [0, 0.1) is 0 Å². The highest BCUT2D eigenvalue weighted by atomic mass is 16.5. The summed E-state index contributed by atoms with van der Waals surface area (Å²) in [7, 11) is 0. The topological polar surface area (TPSA) is 63.6 Å². The monoisotopic (exact) mass is 669 g/mol. The highest BCUT2D eigenvalue weighted by Gasteiger charge is 2.12. The van der Waals surface area contributed by atoms with Gasteiger partial charge in [-0.05, 0) is 77.0 Å². The summed E-state index contributed by atoms with van der Waals surface area (Å²) in [5.74, 6) is -0.670. The largest absolute Gasteiger partial charge is 0.481 e. The normalized spacial score (nSPS) is 12.9. The Hall–Kier alpha value is -2.36. The Labute approximate surface area is 297 Å². The molecule has 0 aliphatic heterocycles. The van der Waals surface area contributed by atoms with Crippen LogP contribution in [0.4, 0.5) is 0 Å². The number of allylic oxidation sites excluding steroid dienone is 10. The minimum absolute atomic E-state index is 0.00110. The highest BCUT2D eigenvalue weighted by molar-refractivity contribution is 5.69. The lowest BCUT2D eigenvalue weighted by Crippen LogP contribution is -2.17. The second-order valence-electron chi connectivity index (χ2n) is 13.4. The quantitative estimate of drug-likeness (QED) is 0.0410. The lowest BCUT2D eigenvalue weighted by molar-refractivity contribution is -0.149. The van der Waals surface area contributed by atoms with Crippen LogP contribution in [0.1, 0.15) is 200 Å². The summed E-state index contributed by atoms with van der Waals surface area (Å²) in [5.41, 5.74) is 0. The fourth-order valence-electron chi connectivity index (χ4n) is 5.79. The van der Waals surface area contributed by atoms with Gasteiger partial charge in [-0.1, -0.05) is 171 Å². The van der Waals surface area contributed by atoms with E-state index in [0.717, 1.165) is 83.5 Å². The first-order chi connectivity index (χ1) is 23.6. The fraction of sp³-hybridized carbons (Fsp3) is 0.727. The molecule has 1 atom stereocenters. The molecule has 0 saturated carbocycles. The molecule has 0 aromatic heterocycles. The summed E-state index contributed by atoms with van der Waals surface area (Å²) >= 11 is 0. The molecule has 0 rings (SSSR count). The summed E-state index contributed by atoms with van der Waals surface area (Å²) in [6.07, 6.45) is 54.8. The van der Waals surface area contributed by atoms with Crippen LogP contribution < -0.4 is 0 Å². The van der Waals surface area contributed by atoms with Crippen molar-refractivity contribution in [2.24, 2.45) is 0 Å². The van der Waals surface area contributed by atoms with E-state index in [1.54, 1.807) is 0 Å². The zero-order chi connectivity index (χ0) is 35.0. The van der Waals surface area contributed by atoms with Gasteiger partial charge in [0.05, 0.1) is 0 Å². The number of ether oxygens (including phenoxy) is 1. The molecule has 0 aromatic rings. The van der Waals surface area contributed by atoms with Crippen molar-refractivity contribution >= 4 is 11.9 Å².